The predicted octanol–water partition coefficient (Wildman–Crippen LogP) is 3.03. The standard InChI is InChI=1S/C15H16F2O2/c16-13-4-1-9(5-14(13)17)6-15(18)10-7-11-2-3-12(8-10)19-11/h1,4-5,10-12H,2-3,6-8H2. The van der Waals surface area contributed by atoms with E-state index < -0.39 is 11.6 Å². The van der Waals surface area contributed by atoms with Gasteiger partial charge in [-0.3, -0.25) is 4.79 Å². The lowest BCUT2D eigenvalue weighted by Gasteiger charge is -2.27. The van der Waals surface area contributed by atoms with E-state index in [2.05, 4.69) is 0 Å². The molecule has 0 aliphatic carbocycles. The lowest BCUT2D eigenvalue weighted by Crippen LogP contribution is -2.30. The van der Waals surface area contributed by atoms with Crippen LogP contribution < -0.4 is 0 Å². The second kappa shape index (κ2) is 5.00. The molecule has 2 atom stereocenters. The molecule has 2 fully saturated rings. The minimum atomic E-state index is -0.891. The van der Waals surface area contributed by atoms with E-state index in [0.29, 0.717) is 5.56 Å². The van der Waals surface area contributed by atoms with Crippen molar-refractivity contribution in [1.29, 1.82) is 0 Å². The fourth-order valence-corrected chi connectivity index (χ4v) is 3.12. The van der Waals surface area contributed by atoms with Crippen LogP contribution in [0.4, 0.5) is 8.78 Å². The molecule has 0 saturated carbocycles. The fraction of sp³-hybridized carbons (Fsp3) is 0.533. The molecular formula is C15H16F2O2. The Morgan fingerprint density at radius 3 is 2.47 bits per heavy atom. The average Bonchev–Trinajstić information content (AvgIpc) is 2.72. The molecule has 0 N–H and O–H groups in total. The first-order valence-electron chi connectivity index (χ1n) is 6.74. The molecule has 0 aromatic heterocycles. The molecule has 1 aromatic rings. The molecule has 102 valence electrons. The van der Waals surface area contributed by atoms with Crippen LogP contribution >= 0.6 is 0 Å². The molecular weight excluding hydrogens is 250 g/mol. The van der Waals surface area contributed by atoms with Gasteiger partial charge in [0.25, 0.3) is 0 Å². The third-order valence-corrected chi connectivity index (χ3v) is 4.11. The zero-order chi connectivity index (χ0) is 13.4. The first-order valence-corrected chi connectivity index (χ1v) is 6.74. The summed E-state index contributed by atoms with van der Waals surface area (Å²) in [4.78, 5) is 12.2. The first kappa shape index (κ1) is 12.7. The van der Waals surface area contributed by atoms with E-state index >= 15 is 0 Å². The van der Waals surface area contributed by atoms with Gasteiger partial charge in [-0.2, -0.15) is 0 Å². The van der Waals surface area contributed by atoms with Crippen LogP contribution in [0.3, 0.4) is 0 Å². The predicted molar refractivity (Wildman–Crippen MR) is 65.7 cm³/mol. The van der Waals surface area contributed by atoms with Crippen molar-refractivity contribution in [3.63, 3.8) is 0 Å². The molecule has 2 unspecified atom stereocenters. The highest BCUT2D eigenvalue weighted by molar-refractivity contribution is 5.83. The summed E-state index contributed by atoms with van der Waals surface area (Å²) in [7, 11) is 0. The zero-order valence-electron chi connectivity index (χ0n) is 10.6. The number of fused-ring (bicyclic) bond motifs is 2. The summed E-state index contributed by atoms with van der Waals surface area (Å²) in [5.74, 6) is -1.64. The van der Waals surface area contributed by atoms with Crippen molar-refractivity contribution in [1.82, 2.24) is 0 Å². The Morgan fingerprint density at radius 2 is 1.84 bits per heavy atom. The van der Waals surface area contributed by atoms with Gasteiger partial charge >= 0.3 is 0 Å². The molecule has 2 nitrogen and oxygen atoms in total. The van der Waals surface area contributed by atoms with Crippen LogP contribution in [0.1, 0.15) is 31.2 Å². The first-order chi connectivity index (χ1) is 9.11. The number of ether oxygens (including phenoxy) is 1. The number of carbonyl (C=O) groups is 1. The molecule has 4 heteroatoms. The number of carbonyl (C=O) groups excluding carboxylic acids is 1. The SMILES string of the molecule is O=C(Cc1ccc(F)c(F)c1)C1CC2CCC(C1)O2. The number of Topliss-reactive ketones (excluding diaryl/α,β-unsaturated/α-hetero) is 1. The highest BCUT2D eigenvalue weighted by Crippen LogP contribution is 2.36. The molecule has 0 amide bonds. The minimum absolute atomic E-state index is 0.0133. The van der Waals surface area contributed by atoms with Crippen molar-refractivity contribution in [2.24, 2.45) is 5.92 Å². The normalized spacial score (nSPS) is 29.5. The Balaban J connectivity index is 1.66. The van der Waals surface area contributed by atoms with Gasteiger partial charge < -0.3 is 4.74 Å². The highest BCUT2D eigenvalue weighted by atomic mass is 19.2. The third kappa shape index (κ3) is 2.68. The van der Waals surface area contributed by atoms with Crippen LogP contribution in [0.15, 0.2) is 18.2 Å². The van der Waals surface area contributed by atoms with Crippen molar-refractivity contribution >= 4 is 5.78 Å². The van der Waals surface area contributed by atoms with E-state index in [0.717, 1.165) is 37.8 Å². The second-order valence-corrected chi connectivity index (χ2v) is 5.52. The Morgan fingerprint density at radius 1 is 1.16 bits per heavy atom. The van der Waals surface area contributed by atoms with E-state index in [9.17, 15) is 13.6 Å². The molecule has 2 aliphatic rings. The van der Waals surface area contributed by atoms with Crippen LogP contribution in [0.5, 0.6) is 0 Å². The summed E-state index contributed by atoms with van der Waals surface area (Å²) in [5.41, 5.74) is 0.544. The molecule has 2 aliphatic heterocycles. The fourth-order valence-electron chi connectivity index (χ4n) is 3.12. The number of rotatable bonds is 3. The Labute approximate surface area is 110 Å². The van der Waals surface area contributed by atoms with Gasteiger partial charge in [0, 0.05) is 12.3 Å². The maximum atomic E-state index is 13.1. The Hall–Kier alpha value is -1.29. The summed E-state index contributed by atoms with van der Waals surface area (Å²) in [6.45, 7) is 0. The van der Waals surface area contributed by atoms with Gasteiger partial charge in [-0.1, -0.05) is 6.07 Å². The minimum Gasteiger partial charge on any atom is -0.375 e. The summed E-state index contributed by atoms with van der Waals surface area (Å²) >= 11 is 0. The molecule has 19 heavy (non-hydrogen) atoms. The molecule has 2 bridgehead atoms. The van der Waals surface area contributed by atoms with Crippen molar-refractivity contribution in [3.8, 4) is 0 Å². The smallest absolute Gasteiger partial charge is 0.159 e. The van der Waals surface area contributed by atoms with Gasteiger partial charge in [0.2, 0.25) is 0 Å². The van der Waals surface area contributed by atoms with Gasteiger partial charge in [-0.15, -0.1) is 0 Å². The van der Waals surface area contributed by atoms with Crippen LogP contribution in [0, 0.1) is 17.6 Å². The van der Waals surface area contributed by atoms with Crippen LogP contribution in [0.25, 0.3) is 0 Å². The number of halogens is 2. The molecule has 2 saturated heterocycles. The number of benzene rings is 1. The number of hydrogen-bond acceptors (Lipinski definition) is 2. The topological polar surface area (TPSA) is 26.3 Å². The zero-order valence-corrected chi connectivity index (χ0v) is 10.6. The number of hydrogen-bond donors (Lipinski definition) is 0. The van der Waals surface area contributed by atoms with Crippen LogP contribution in [-0.2, 0) is 16.0 Å². The molecule has 2 heterocycles. The summed E-state index contributed by atoms with van der Waals surface area (Å²) in [6.07, 6.45) is 4.26. The summed E-state index contributed by atoms with van der Waals surface area (Å²) < 4.78 is 31.6. The van der Waals surface area contributed by atoms with Gasteiger partial charge in [0.1, 0.15) is 5.78 Å². The Bertz CT molecular complexity index is 489. The lowest BCUT2D eigenvalue weighted by atomic mass is 9.88. The van der Waals surface area contributed by atoms with Crippen molar-refractivity contribution in [2.75, 3.05) is 0 Å². The van der Waals surface area contributed by atoms with E-state index in [1.54, 1.807) is 0 Å². The lowest BCUT2D eigenvalue weighted by molar-refractivity contribution is -0.127. The van der Waals surface area contributed by atoms with Crippen LogP contribution in [0.2, 0.25) is 0 Å². The Kier molecular flexibility index (Phi) is 3.35. The third-order valence-electron chi connectivity index (χ3n) is 4.11. The summed E-state index contributed by atoms with van der Waals surface area (Å²) in [6, 6.07) is 3.66. The van der Waals surface area contributed by atoms with Gasteiger partial charge in [0.15, 0.2) is 11.6 Å². The van der Waals surface area contributed by atoms with Crippen LogP contribution in [-0.4, -0.2) is 18.0 Å². The average molecular weight is 266 g/mol. The largest absolute Gasteiger partial charge is 0.375 e. The van der Waals surface area contributed by atoms with Crippen molar-refractivity contribution < 1.29 is 18.3 Å². The van der Waals surface area contributed by atoms with Gasteiger partial charge in [-0.05, 0) is 43.4 Å². The highest BCUT2D eigenvalue weighted by Gasteiger charge is 2.37. The maximum absolute atomic E-state index is 13.1. The maximum Gasteiger partial charge on any atom is 0.159 e. The second-order valence-electron chi connectivity index (χ2n) is 5.52. The quantitative estimate of drug-likeness (QED) is 0.840. The van der Waals surface area contributed by atoms with E-state index in [-0.39, 0.29) is 30.3 Å². The molecule has 1 aromatic carbocycles. The van der Waals surface area contributed by atoms with Gasteiger partial charge in [0.05, 0.1) is 12.2 Å². The van der Waals surface area contributed by atoms with E-state index in [1.807, 2.05) is 0 Å². The van der Waals surface area contributed by atoms with Gasteiger partial charge in [-0.25, -0.2) is 8.78 Å². The molecule has 0 radical (unpaired) electrons. The molecule has 3 rings (SSSR count). The van der Waals surface area contributed by atoms with E-state index in [1.165, 1.54) is 6.07 Å². The molecule has 0 spiro atoms. The monoisotopic (exact) mass is 266 g/mol. The number of ketones is 1. The van der Waals surface area contributed by atoms with Crippen molar-refractivity contribution in [3.05, 3.63) is 35.4 Å². The summed E-state index contributed by atoms with van der Waals surface area (Å²) in [5, 5.41) is 0. The van der Waals surface area contributed by atoms with Crippen molar-refractivity contribution in [2.45, 2.75) is 44.3 Å². The van der Waals surface area contributed by atoms with E-state index in [4.69, 9.17) is 4.74 Å².